The molecule has 0 radical (unpaired) electrons. The number of nitrogens with one attached hydrogen (secondary N) is 1. The number of hydrogen-bond acceptors (Lipinski definition) is 3. The lowest BCUT2D eigenvalue weighted by molar-refractivity contribution is 0.279. The van der Waals surface area contributed by atoms with Gasteiger partial charge in [0.25, 0.3) is 0 Å². The lowest BCUT2D eigenvalue weighted by atomic mass is 10.1. The molecule has 0 aliphatic heterocycles. The van der Waals surface area contributed by atoms with Gasteiger partial charge in [-0.15, -0.1) is 12.4 Å². The largest absolute Gasteiger partial charge is 0.493 e. The smallest absolute Gasteiger partial charge is 0.180 e. The van der Waals surface area contributed by atoms with Gasteiger partial charge in [-0.05, 0) is 49.1 Å². The summed E-state index contributed by atoms with van der Waals surface area (Å²) in [6.07, 6.45) is 2.07. The van der Waals surface area contributed by atoms with Gasteiger partial charge in [-0.2, -0.15) is 0 Å². The first kappa shape index (κ1) is 25.0. The van der Waals surface area contributed by atoms with E-state index in [1.165, 1.54) is 11.6 Å². The number of halogens is 3. The number of rotatable bonds is 10. The number of methoxy groups -OCH3 is 1. The van der Waals surface area contributed by atoms with E-state index in [0.29, 0.717) is 34.7 Å². The predicted octanol–water partition coefficient (Wildman–Crippen LogP) is 6.60. The summed E-state index contributed by atoms with van der Waals surface area (Å²) in [5.74, 6) is 0.647. The van der Waals surface area contributed by atoms with Crippen LogP contribution in [0.2, 0.25) is 5.02 Å². The molecule has 1 unspecified atom stereocenters. The molecule has 6 heteroatoms. The quantitative estimate of drug-likeness (QED) is 0.367. The molecule has 0 aliphatic carbocycles. The minimum Gasteiger partial charge on any atom is -0.493 e. The highest BCUT2D eigenvalue weighted by Gasteiger charge is 2.14. The molecular formula is C25H28Cl2FNO2. The summed E-state index contributed by atoms with van der Waals surface area (Å²) in [4.78, 5) is 0. The van der Waals surface area contributed by atoms with Crippen LogP contribution in [0.5, 0.6) is 11.5 Å². The molecule has 1 atom stereocenters. The Labute approximate surface area is 194 Å². The van der Waals surface area contributed by atoms with Gasteiger partial charge in [0, 0.05) is 18.2 Å². The Morgan fingerprint density at radius 2 is 1.71 bits per heavy atom. The molecule has 0 aromatic heterocycles. The highest BCUT2D eigenvalue weighted by Crippen LogP contribution is 2.37. The van der Waals surface area contributed by atoms with Gasteiger partial charge in [-0.3, -0.25) is 0 Å². The van der Waals surface area contributed by atoms with Crippen LogP contribution in [0.15, 0.2) is 66.7 Å². The van der Waals surface area contributed by atoms with E-state index in [-0.39, 0.29) is 24.8 Å². The average molecular weight is 464 g/mol. The second kappa shape index (κ2) is 12.6. The Balaban J connectivity index is 0.00000341. The van der Waals surface area contributed by atoms with Gasteiger partial charge in [-0.1, -0.05) is 60.1 Å². The molecule has 0 spiro atoms. The molecule has 0 amide bonds. The predicted molar refractivity (Wildman–Crippen MR) is 127 cm³/mol. The second-order valence-corrected chi connectivity index (χ2v) is 7.70. The maximum absolute atomic E-state index is 13.8. The third-order valence-electron chi connectivity index (χ3n) is 4.98. The fraction of sp³-hybridized carbons (Fsp3) is 0.280. The lowest BCUT2D eigenvalue weighted by Gasteiger charge is -2.17. The van der Waals surface area contributed by atoms with Crippen molar-refractivity contribution in [3.05, 3.63) is 94.3 Å². The molecule has 166 valence electrons. The standard InChI is InChI=1S/C25H27ClFNO2.ClH/c1-18(12-13-19-8-4-3-5-9-19)28-16-20-14-22(26)25(24(15-20)29-2)30-17-21-10-6-7-11-23(21)27;/h3-11,14-15,18,28H,12-13,16-17H2,1-2H3;1H. The summed E-state index contributed by atoms with van der Waals surface area (Å²) < 4.78 is 25.1. The van der Waals surface area contributed by atoms with Crippen LogP contribution in [0.4, 0.5) is 4.39 Å². The van der Waals surface area contributed by atoms with E-state index in [1.54, 1.807) is 25.3 Å². The molecule has 0 fully saturated rings. The van der Waals surface area contributed by atoms with E-state index in [0.717, 1.165) is 18.4 Å². The Bertz CT molecular complexity index is 954. The summed E-state index contributed by atoms with van der Waals surface area (Å²) in [6, 6.07) is 21.1. The molecule has 0 saturated heterocycles. The summed E-state index contributed by atoms with van der Waals surface area (Å²) in [5.41, 5.74) is 2.81. The van der Waals surface area contributed by atoms with E-state index in [1.807, 2.05) is 18.2 Å². The van der Waals surface area contributed by atoms with Crippen LogP contribution in [-0.2, 0) is 19.6 Å². The van der Waals surface area contributed by atoms with Crippen molar-refractivity contribution < 1.29 is 13.9 Å². The van der Waals surface area contributed by atoms with Crippen molar-refractivity contribution in [2.75, 3.05) is 7.11 Å². The van der Waals surface area contributed by atoms with Crippen molar-refractivity contribution in [2.45, 2.75) is 39.0 Å². The Morgan fingerprint density at radius 1 is 1.00 bits per heavy atom. The van der Waals surface area contributed by atoms with E-state index >= 15 is 0 Å². The summed E-state index contributed by atoms with van der Waals surface area (Å²) in [6.45, 7) is 2.92. The lowest BCUT2D eigenvalue weighted by Crippen LogP contribution is -2.26. The van der Waals surface area contributed by atoms with Crippen LogP contribution < -0.4 is 14.8 Å². The van der Waals surface area contributed by atoms with Gasteiger partial charge < -0.3 is 14.8 Å². The molecule has 3 aromatic carbocycles. The van der Waals surface area contributed by atoms with Gasteiger partial charge in [0.2, 0.25) is 0 Å². The fourth-order valence-corrected chi connectivity index (χ4v) is 3.49. The first-order chi connectivity index (χ1) is 14.6. The molecule has 31 heavy (non-hydrogen) atoms. The molecular weight excluding hydrogens is 436 g/mol. The maximum atomic E-state index is 13.8. The van der Waals surface area contributed by atoms with Crippen LogP contribution >= 0.6 is 24.0 Å². The van der Waals surface area contributed by atoms with E-state index < -0.39 is 0 Å². The third-order valence-corrected chi connectivity index (χ3v) is 5.26. The van der Waals surface area contributed by atoms with Gasteiger partial charge in [0.15, 0.2) is 11.5 Å². The first-order valence-electron chi connectivity index (χ1n) is 10.1. The molecule has 0 heterocycles. The minimum atomic E-state index is -0.308. The number of aryl methyl sites for hydroxylation is 1. The van der Waals surface area contributed by atoms with Crippen LogP contribution in [0, 0.1) is 5.82 Å². The Hall–Kier alpha value is -2.27. The van der Waals surface area contributed by atoms with Crippen molar-refractivity contribution in [3.63, 3.8) is 0 Å². The van der Waals surface area contributed by atoms with Crippen molar-refractivity contribution in [3.8, 4) is 11.5 Å². The van der Waals surface area contributed by atoms with Crippen LogP contribution in [0.3, 0.4) is 0 Å². The summed E-state index contributed by atoms with van der Waals surface area (Å²) in [7, 11) is 1.57. The van der Waals surface area contributed by atoms with E-state index in [9.17, 15) is 4.39 Å². The van der Waals surface area contributed by atoms with E-state index in [2.05, 4.69) is 36.5 Å². The zero-order valence-corrected chi connectivity index (χ0v) is 19.3. The second-order valence-electron chi connectivity index (χ2n) is 7.30. The maximum Gasteiger partial charge on any atom is 0.180 e. The Morgan fingerprint density at radius 3 is 2.42 bits per heavy atom. The summed E-state index contributed by atoms with van der Waals surface area (Å²) in [5, 5.41) is 3.97. The summed E-state index contributed by atoms with van der Waals surface area (Å²) >= 11 is 6.45. The zero-order chi connectivity index (χ0) is 21.3. The highest BCUT2D eigenvalue weighted by molar-refractivity contribution is 6.32. The van der Waals surface area contributed by atoms with E-state index in [4.69, 9.17) is 21.1 Å². The van der Waals surface area contributed by atoms with Gasteiger partial charge in [0.1, 0.15) is 12.4 Å². The monoisotopic (exact) mass is 463 g/mol. The Kier molecular flexibility index (Phi) is 10.1. The third kappa shape index (κ3) is 7.42. The SMILES string of the molecule is COc1cc(CNC(C)CCc2ccccc2)cc(Cl)c1OCc1ccccc1F.Cl. The molecule has 3 nitrogen and oxygen atoms in total. The average Bonchev–Trinajstić information content (AvgIpc) is 2.77. The molecule has 0 saturated carbocycles. The van der Waals surface area contributed by atoms with Crippen LogP contribution in [-0.4, -0.2) is 13.2 Å². The first-order valence-corrected chi connectivity index (χ1v) is 10.4. The number of benzene rings is 3. The highest BCUT2D eigenvalue weighted by atomic mass is 35.5. The van der Waals surface area contributed by atoms with Crippen molar-refractivity contribution in [2.24, 2.45) is 0 Å². The van der Waals surface area contributed by atoms with Crippen LogP contribution in [0.25, 0.3) is 0 Å². The van der Waals surface area contributed by atoms with Crippen molar-refractivity contribution in [1.29, 1.82) is 0 Å². The topological polar surface area (TPSA) is 30.5 Å². The molecule has 3 rings (SSSR count). The van der Waals surface area contributed by atoms with Gasteiger partial charge in [0.05, 0.1) is 12.1 Å². The molecule has 0 bridgehead atoms. The fourth-order valence-electron chi connectivity index (χ4n) is 3.20. The van der Waals surface area contributed by atoms with Gasteiger partial charge >= 0.3 is 0 Å². The van der Waals surface area contributed by atoms with Crippen molar-refractivity contribution >= 4 is 24.0 Å². The zero-order valence-electron chi connectivity index (χ0n) is 17.7. The van der Waals surface area contributed by atoms with Crippen LogP contribution in [0.1, 0.15) is 30.0 Å². The molecule has 1 N–H and O–H groups in total. The van der Waals surface area contributed by atoms with Crippen molar-refractivity contribution in [1.82, 2.24) is 5.32 Å². The number of ether oxygens (including phenoxy) is 2. The van der Waals surface area contributed by atoms with Gasteiger partial charge in [-0.25, -0.2) is 4.39 Å². The number of hydrogen-bond donors (Lipinski definition) is 1. The molecule has 3 aromatic rings. The minimum absolute atomic E-state index is 0. The molecule has 0 aliphatic rings. The normalized spacial score (nSPS) is 11.5.